The van der Waals surface area contributed by atoms with E-state index in [2.05, 4.69) is 42.0 Å². The van der Waals surface area contributed by atoms with Crippen molar-refractivity contribution in [3.8, 4) is 5.75 Å². The Kier molecular flexibility index (Phi) is 6.02. The molecule has 1 aromatic carbocycles. The van der Waals surface area contributed by atoms with Crippen molar-refractivity contribution in [3.05, 3.63) is 22.7 Å². The van der Waals surface area contributed by atoms with Crippen molar-refractivity contribution < 1.29 is 9.53 Å². The van der Waals surface area contributed by atoms with E-state index >= 15 is 0 Å². The van der Waals surface area contributed by atoms with Gasteiger partial charge in [-0.3, -0.25) is 4.79 Å². The van der Waals surface area contributed by atoms with Gasteiger partial charge in [-0.05, 0) is 46.0 Å². The van der Waals surface area contributed by atoms with Gasteiger partial charge >= 0.3 is 0 Å². The molecular weight excluding hydrogens is 320 g/mol. The summed E-state index contributed by atoms with van der Waals surface area (Å²) < 4.78 is 5.96. The molecule has 0 aliphatic heterocycles. The largest absolute Gasteiger partial charge is 0.496 e. The summed E-state index contributed by atoms with van der Waals surface area (Å²) in [5, 5.41) is 2.90. The Labute approximate surface area is 129 Å². The molecular formula is C15H23BrN2O2. The first kappa shape index (κ1) is 17.0. The Morgan fingerprint density at radius 2 is 2.10 bits per heavy atom. The summed E-state index contributed by atoms with van der Waals surface area (Å²) in [7, 11) is 1.60. The third kappa shape index (κ3) is 5.13. The van der Waals surface area contributed by atoms with E-state index in [1.54, 1.807) is 13.2 Å². The fourth-order valence-electron chi connectivity index (χ4n) is 2.01. The maximum absolute atomic E-state index is 12.2. The topological polar surface area (TPSA) is 64.3 Å². The van der Waals surface area contributed by atoms with Gasteiger partial charge in [0.25, 0.3) is 0 Å². The molecule has 0 bridgehead atoms. The molecule has 0 aromatic heterocycles. The van der Waals surface area contributed by atoms with Crippen molar-refractivity contribution >= 4 is 27.5 Å². The number of rotatable bonds is 5. The number of hydrogen-bond donors (Lipinski definition) is 2. The molecule has 0 heterocycles. The van der Waals surface area contributed by atoms with Crippen molar-refractivity contribution in [1.82, 2.24) is 0 Å². The zero-order valence-electron chi connectivity index (χ0n) is 12.5. The number of anilines is 1. The molecule has 1 amide bonds. The van der Waals surface area contributed by atoms with E-state index in [4.69, 9.17) is 10.5 Å². The van der Waals surface area contributed by atoms with Gasteiger partial charge in [0, 0.05) is 12.2 Å². The third-order valence-electron chi connectivity index (χ3n) is 2.93. The van der Waals surface area contributed by atoms with E-state index < -0.39 is 0 Å². The zero-order chi connectivity index (χ0) is 15.3. The molecule has 4 nitrogen and oxygen atoms in total. The number of methoxy groups -OCH3 is 1. The Balaban J connectivity index is 2.76. The number of nitrogens with two attached hydrogens (primary N) is 1. The smallest absolute Gasteiger partial charge is 0.228 e. The van der Waals surface area contributed by atoms with Gasteiger partial charge in [0.15, 0.2) is 0 Å². The maximum Gasteiger partial charge on any atom is 0.228 e. The molecule has 1 aromatic rings. The van der Waals surface area contributed by atoms with Crippen molar-refractivity contribution in [2.24, 2.45) is 17.1 Å². The molecule has 0 fully saturated rings. The Hall–Kier alpha value is -1.07. The number of carbonyl (C=O) groups excluding carboxylic acids is 1. The van der Waals surface area contributed by atoms with Crippen LogP contribution in [0.25, 0.3) is 0 Å². The maximum atomic E-state index is 12.2. The second kappa shape index (κ2) is 7.09. The molecule has 0 spiro atoms. The SMILES string of the molecule is COc1ccc(NC(=O)C(CN)CC(C)(C)C)cc1Br. The van der Waals surface area contributed by atoms with Crippen LogP contribution in [0.2, 0.25) is 0 Å². The lowest BCUT2D eigenvalue weighted by Crippen LogP contribution is -2.32. The van der Waals surface area contributed by atoms with Crippen LogP contribution in [-0.4, -0.2) is 19.6 Å². The highest BCUT2D eigenvalue weighted by Crippen LogP contribution is 2.29. The van der Waals surface area contributed by atoms with E-state index in [9.17, 15) is 4.79 Å². The van der Waals surface area contributed by atoms with Crippen molar-refractivity contribution in [1.29, 1.82) is 0 Å². The average Bonchev–Trinajstić information content (AvgIpc) is 2.35. The Bertz CT molecular complexity index is 469. The monoisotopic (exact) mass is 342 g/mol. The van der Waals surface area contributed by atoms with Crippen LogP contribution in [0.3, 0.4) is 0 Å². The number of nitrogens with one attached hydrogen (secondary N) is 1. The van der Waals surface area contributed by atoms with Gasteiger partial charge in [0.05, 0.1) is 17.5 Å². The van der Waals surface area contributed by atoms with Gasteiger partial charge < -0.3 is 15.8 Å². The molecule has 0 radical (unpaired) electrons. The van der Waals surface area contributed by atoms with Gasteiger partial charge in [0.1, 0.15) is 5.75 Å². The summed E-state index contributed by atoms with van der Waals surface area (Å²) in [6.07, 6.45) is 0.757. The number of halogens is 1. The van der Waals surface area contributed by atoms with Crippen molar-refractivity contribution in [2.45, 2.75) is 27.2 Å². The molecule has 0 saturated heterocycles. The number of benzene rings is 1. The van der Waals surface area contributed by atoms with Gasteiger partial charge in [-0.25, -0.2) is 0 Å². The predicted molar refractivity (Wildman–Crippen MR) is 85.9 cm³/mol. The molecule has 0 saturated carbocycles. The van der Waals surface area contributed by atoms with E-state index in [1.165, 1.54) is 0 Å². The van der Waals surface area contributed by atoms with Gasteiger partial charge in [-0.15, -0.1) is 0 Å². The van der Waals surface area contributed by atoms with Crippen LogP contribution in [-0.2, 0) is 4.79 Å². The average molecular weight is 343 g/mol. The number of amides is 1. The van der Waals surface area contributed by atoms with Gasteiger partial charge in [-0.1, -0.05) is 20.8 Å². The van der Waals surface area contributed by atoms with E-state index in [1.807, 2.05) is 12.1 Å². The lowest BCUT2D eigenvalue weighted by atomic mass is 9.84. The summed E-state index contributed by atoms with van der Waals surface area (Å²) in [6, 6.07) is 5.44. The fourth-order valence-corrected chi connectivity index (χ4v) is 2.55. The molecule has 1 atom stereocenters. The van der Waals surface area contributed by atoms with Crippen LogP contribution in [0.5, 0.6) is 5.75 Å². The molecule has 112 valence electrons. The summed E-state index contributed by atoms with van der Waals surface area (Å²) >= 11 is 3.40. The van der Waals surface area contributed by atoms with Crippen LogP contribution in [0.4, 0.5) is 5.69 Å². The first-order valence-electron chi connectivity index (χ1n) is 6.61. The van der Waals surface area contributed by atoms with Crippen molar-refractivity contribution in [3.63, 3.8) is 0 Å². The number of carbonyl (C=O) groups is 1. The quantitative estimate of drug-likeness (QED) is 0.861. The highest BCUT2D eigenvalue weighted by atomic mass is 79.9. The van der Waals surface area contributed by atoms with Crippen molar-refractivity contribution in [2.75, 3.05) is 19.0 Å². The standard InChI is InChI=1S/C15H23BrN2O2/c1-15(2,3)8-10(9-17)14(19)18-11-5-6-13(20-4)12(16)7-11/h5-7,10H,8-9,17H2,1-4H3,(H,18,19). The molecule has 20 heavy (non-hydrogen) atoms. The van der Waals surface area contributed by atoms with Crippen LogP contribution in [0.15, 0.2) is 22.7 Å². The van der Waals surface area contributed by atoms with Crippen LogP contribution >= 0.6 is 15.9 Å². The van der Waals surface area contributed by atoms with E-state index in [0.717, 1.165) is 22.3 Å². The molecule has 0 aliphatic rings. The molecule has 0 aliphatic carbocycles. The fraction of sp³-hybridized carbons (Fsp3) is 0.533. The predicted octanol–water partition coefficient (Wildman–Crippen LogP) is 3.41. The normalized spacial score (nSPS) is 12.9. The minimum atomic E-state index is -0.184. The Morgan fingerprint density at radius 1 is 1.45 bits per heavy atom. The molecule has 5 heteroatoms. The lowest BCUT2D eigenvalue weighted by Gasteiger charge is -2.24. The summed E-state index contributed by atoms with van der Waals surface area (Å²) in [5.74, 6) is 0.503. The molecule has 3 N–H and O–H groups in total. The van der Waals surface area contributed by atoms with Gasteiger partial charge in [0.2, 0.25) is 5.91 Å². The lowest BCUT2D eigenvalue weighted by molar-refractivity contribution is -0.120. The second-order valence-electron chi connectivity index (χ2n) is 6.04. The second-order valence-corrected chi connectivity index (χ2v) is 6.89. The first-order valence-corrected chi connectivity index (χ1v) is 7.40. The first-order chi connectivity index (χ1) is 9.26. The Morgan fingerprint density at radius 3 is 2.55 bits per heavy atom. The highest BCUT2D eigenvalue weighted by Gasteiger charge is 2.23. The molecule has 1 rings (SSSR count). The van der Waals surface area contributed by atoms with E-state index in [0.29, 0.717) is 6.54 Å². The van der Waals surface area contributed by atoms with E-state index in [-0.39, 0.29) is 17.2 Å². The van der Waals surface area contributed by atoms with Crippen LogP contribution < -0.4 is 15.8 Å². The van der Waals surface area contributed by atoms with Crippen LogP contribution in [0, 0.1) is 11.3 Å². The minimum Gasteiger partial charge on any atom is -0.496 e. The number of ether oxygens (including phenoxy) is 1. The van der Waals surface area contributed by atoms with Gasteiger partial charge in [-0.2, -0.15) is 0 Å². The third-order valence-corrected chi connectivity index (χ3v) is 3.55. The summed E-state index contributed by atoms with van der Waals surface area (Å²) in [5.41, 5.74) is 6.52. The summed E-state index contributed by atoms with van der Waals surface area (Å²) in [6.45, 7) is 6.66. The zero-order valence-corrected chi connectivity index (χ0v) is 14.1. The minimum absolute atomic E-state index is 0.0421. The molecule has 1 unspecified atom stereocenters. The highest BCUT2D eigenvalue weighted by molar-refractivity contribution is 9.10. The van der Waals surface area contributed by atoms with Crippen LogP contribution in [0.1, 0.15) is 27.2 Å². The number of hydrogen-bond acceptors (Lipinski definition) is 3. The summed E-state index contributed by atoms with van der Waals surface area (Å²) in [4.78, 5) is 12.2.